The predicted molar refractivity (Wildman–Crippen MR) is 136 cm³/mol. The summed E-state index contributed by atoms with van der Waals surface area (Å²) in [6.45, 7) is 4.87. The molecular formula is C28H28N2O5. The molecule has 1 N–H and O–H groups in total. The predicted octanol–water partition coefficient (Wildman–Crippen LogP) is 4.98. The Balaban J connectivity index is 1.50. The maximum Gasteiger partial charge on any atom is 0.265 e. The van der Waals surface area contributed by atoms with Crippen molar-refractivity contribution in [1.29, 1.82) is 0 Å². The molecule has 0 saturated heterocycles. The van der Waals surface area contributed by atoms with E-state index in [1.54, 1.807) is 42.4 Å². The first-order valence-corrected chi connectivity index (χ1v) is 11.4. The Morgan fingerprint density at radius 3 is 2.71 bits per heavy atom. The Morgan fingerprint density at radius 2 is 1.94 bits per heavy atom. The molecule has 0 bridgehead atoms. The molecule has 35 heavy (non-hydrogen) atoms. The van der Waals surface area contributed by atoms with E-state index in [4.69, 9.17) is 14.2 Å². The van der Waals surface area contributed by atoms with Crippen LogP contribution in [-0.4, -0.2) is 32.1 Å². The van der Waals surface area contributed by atoms with Crippen molar-refractivity contribution in [3.63, 3.8) is 0 Å². The van der Waals surface area contributed by atoms with Crippen molar-refractivity contribution < 1.29 is 23.8 Å². The number of nitrogens with one attached hydrogen (secondary N) is 1. The summed E-state index contributed by atoms with van der Waals surface area (Å²) in [6, 6.07) is 18.7. The molecule has 0 unspecified atom stereocenters. The molecule has 0 atom stereocenters. The number of rotatable bonds is 8. The molecule has 0 radical (unpaired) electrons. The lowest BCUT2D eigenvalue weighted by Gasteiger charge is -2.30. The molecule has 3 aromatic carbocycles. The normalized spacial score (nSPS) is 12.8. The van der Waals surface area contributed by atoms with Gasteiger partial charge in [-0.15, -0.1) is 0 Å². The number of hydrogen-bond donors (Lipinski definition) is 1. The third-order valence-corrected chi connectivity index (χ3v) is 5.67. The molecule has 4 rings (SSSR count). The minimum Gasteiger partial charge on any atom is -0.493 e. The first-order valence-electron chi connectivity index (χ1n) is 11.4. The van der Waals surface area contributed by atoms with Crippen molar-refractivity contribution >= 4 is 29.3 Å². The standard InChI is InChI=1S/C28H28N2O5/c1-4-34-25-12-9-20(15-26(25)33-3)10-14-27(31)29-22-11-13-24-23(16-22)30(28(32)18-35-24)17-21-8-6-5-7-19(21)2/h5-16H,4,17-18H2,1-3H3,(H,29,31)/b14-10+. The average Bonchev–Trinajstić information content (AvgIpc) is 2.86. The van der Waals surface area contributed by atoms with Gasteiger partial charge in [-0.3, -0.25) is 9.59 Å². The van der Waals surface area contributed by atoms with Crippen LogP contribution in [0.2, 0.25) is 0 Å². The van der Waals surface area contributed by atoms with Gasteiger partial charge in [0.05, 0.1) is 25.9 Å². The van der Waals surface area contributed by atoms with Crippen LogP contribution in [-0.2, 0) is 16.1 Å². The van der Waals surface area contributed by atoms with Gasteiger partial charge in [0.25, 0.3) is 5.91 Å². The molecule has 1 heterocycles. The molecule has 3 aromatic rings. The van der Waals surface area contributed by atoms with Gasteiger partial charge in [-0.2, -0.15) is 0 Å². The largest absolute Gasteiger partial charge is 0.493 e. The quantitative estimate of drug-likeness (QED) is 0.468. The highest BCUT2D eigenvalue weighted by atomic mass is 16.5. The van der Waals surface area contributed by atoms with Crippen molar-refractivity contribution in [3.05, 3.63) is 83.4 Å². The van der Waals surface area contributed by atoms with Crippen LogP contribution in [0.4, 0.5) is 11.4 Å². The van der Waals surface area contributed by atoms with E-state index >= 15 is 0 Å². The van der Waals surface area contributed by atoms with Crippen molar-refractivity contribution in [2.45, 2.75) is 20.4 Å². The number of nitrogens with zero attached hydrogens (tertiary/aromatic N) is 1. The molecule has 0 aromatic heterocycles. The summed E-state index contributed by atoms with van der Waals surface area (Å²) in [5.74, 6) is 1.42. The fourth-order valence-corrected chi connectivity index (χ4v) is 3.83. The zero-order valence-corrected chi connectivity index (χ0v) is 20.0. The number of fused-ring (bicyclic) bond motifs is 1. The summed E-state index contributed by atoms with van der Waals surface area (Å²) < 4.78 is 16.5. The summed E-state index contributed by atoms with van der Waals surface area (Å²) in [5, 5.41) is 2.86. The van der Waals surface area contributed by atoms with Gasteiger partial charge >= 0.3 is 0 Å². The Labute approximate surface area is 204 Å². The van der Waals surface area contributed by atoms with E-state index in [1.165, 1.54) is 6.08 Å². The number of carbonyl (C=O) groups excluding carboxylic acids is 2. The highest BCUT2D eigenvalue weighted by molar-refractivity contribution is 6.03. The fraction of sp³-hybridized carbons (Fsp3) is 0.214. The molecular weight excluding hydrogens is 444 g/mol. The number of benzene rings is 3. The second-order valence-corrected chi connectivity index (χ2v) is 8.04. The third kappa shape index (κ3) is 5.63. The monoisotopic (exact) mass is 472 g/mol. The number of aryl methyl sites for hydroxylation is 1. The van der Waals surface area contributed by atoms with Crippen LogP contribution in [0.1, 0.15) is 23.6 Å². The maximum atomic E-state index is 12.7. The SMILES string of the molecule is CCOc1ccc(/C=C/C(=O)Nc2ccc3c(c2)N(Cc2ccccc2C)C(=O)CO3)cc1OC. The number of ether oxygens (including phenoxy) is 3. The molecule has 0 saturated carbocycles. The van der Waals surface area contributed by atoms with Gasteiger partial charge in [0.15, 0.2) is 18.1 Å². The van der Waals surface area contributed by atoms with Crippen LogP contribution in [0.15, 0.2) is 66.7 Å². The summed E-state index contributed by atoms with van der Waals surface area (Å²) in [6.07, 6.45) is 3.14. The molecule has 2 amide bonds. The molecule has 180 valence electrons. The molecule has 1 aliphatic heterocycles. The maximum absolute atomic E-state index is 12.7. The second-order valence-electron chi connectivity index (χ2n) is 8.04. The number of amides is 2. The van der Waals surface area contributed by atoms with Crippen molar-refractivity contribution in [2.24, 2.45) is 0 Å². The molecule has 1 aliphatic rings. The third-order valence-electron chi connectivity index (χ3n) is 5.67. The molecule has 7 nitrogen and oxygen atoms in total. The molecule has 0 aliphatic carbocycles. The van der Waals surface area contributed by atoms with Gasteiger partial charge in [0.1, 0.15) is 5.75 Å². The number of carbonyl (C=O) groups is 2. The van der Waals surface area contributed by atoms with Crippen LogP contribution in [0.5, 0.6) is 17.2 Å². The van der Waals surface area contributed by atoms with Crippen LogP contribution >= 0.6 is 0 Å². The summed E-state index contributed by atoms with van der Waals surface area (Å²) in [5.41, 5.74) is 4.15. The molecule has 7 heteroatoms. The fourth-order valence-electron chi connectivity index (χ4n) is 3.83. The number of hydrogen-bond acceptors (Lipinski definition) is 5. The van der Waals surface area contributed by atoms with Gasteiger partial charge in [-0.1, -0.05) is 30.3 Å². The summed E-state index contributed by atoms with van der Waals surface area (Å²) in [7, 11) is 1.57. The van der Waals surface area contributed by atoms with Gasteiger partial charge < -0.3 is 24.4 Å². The average molecular weight is 473 g/mol. The zero-order valence-electron chi connectivity index (χ0n) is 20.0. The topological polar surface area (TPSA) is 77.1 Å². The number of anilines is 2. The summed E-state index contributed by atoms with van der Waals surface area (Å²) >= 11 is 0. The van der Waals surface area contributed by atoms with E-state index in [0.29, 0.717) is 41.8 Å². The van der Waals surface area contributed by atoms with Crippen LogP contribution in [0, 0.1) is 6.92 Å². The van der Waals surface area contributed by atoms with Gasteiger partial charge in [0.2, 0.25) is 5.91 Å². The van der Waals surface area contributed by atoms with Crippen molar-refractivity contribution in [2.75, 3.05) is 30.5 Å². The first-order chi connectivity index (χ1) is 17.0. The molecule has 0 spiro atoms. The Kier molecular flexibility index (Phi) is 7.35. The van der Waals surface area contributed by atoms with Crippen LogP contribution < -0.4 is 24.4 Å². The van der Waals surface area contributed by atoms with E-state index in [2.05, 4.69) is 5.32 Å². The van der Waals surface area contributed by atoms with Crippen molar-refractivity contribution in [1.82, 2.24) is 0 Å². The second kappa shape index (κ2) is 10.8. The van der Waals surface area contributed by atoms with E-state index < -0.39 is 0 Å². The van der Waals surface area contributed by atoms with E-state index in [1.807, 2.05) is 50.2 Å². The number of methoxy groups -OCH3 is 1. The molecule has 0 fully saturated rings. The van der Waals surface area contributed by atoms with E-state index in [0.717, 1.165) is 16.7 Å². The Bertz CT molecular complexity index is 1270. The van der Waals surface area contributed by atoms with Gasteiger partial charge in [-0.25, -0.2) is 0 Å². The van der Waals surface area contributed by atoms with Gasteiger partial charge in [0, 0.05) is 11.8 Å². The zero-order chi connectivity index (χ0) is 24.8. The van der Waals surface area contributed by atoms with Crippen LogP contribution in [0.25, 0.3) is 6.08 Å². The van der Waals surface area contributed by atoms with Gasteiger partial charge in [-0.05, 0) is 66.9 Å². The first kappa shape index (κ1) is 23.9. The van der Waals surface area contributed by atoms with E-state index in [-0.39, 0.29) is 18.4 Å². The minimum absolute atomic E-state index is 0.0150. The smallest absolute Gasteiger partial charge is 0.265 e. The Hall–Kier alpha value is -4.26. The van der Waals surface area contributed by atoms with Crippen LogP contribution in [0.3, 0.4) is 0 Å². The lowest BCUT2D eigenvalue weighted by Crippen LogP contribution is -2.38. The summed E-state index contributed by atoms with van der Waals surface area (Å²) in [4.78, 5) is 27.0. The lowest BCUT2D eigenvalue weighted by atomic mass is 10.1. The van der Waals surface area contributed by atoms with Crippen molar-refractivity contribution in [3.8, 4) is 17.2 Å². The minimum atomic E-state index is -0.300. The lowest BCUT2D eigenvalue weighted by molar-refractivity contribution is -0.121. The Morgan fingerprint density at radius 1 is 1.11 bits per heavy atom. The highest BCUT2D eigenvalue weighted by Gasteiger charge is 2.26. The highest BCUT2D eigenvalue weighted by Crippen LogP contribution is 2.36. The van der Waals surface area contributed by atoms with E-state index in [9.17, 15) is 9.59 Å².